The van der Waals surface area contributed by atoms with E-state index in [-0.39, 0.29) is 34.0 Å². The highest BCUT2D eigenvalue weighted by molar-refractivity contribution is 5.88. The maximum atomic E-state index is 13.2. The molecule has 10 atom stereocenters. The van der Waals surface area contributed by atoms with Crippen molar-refractivity contribution in [3.05, 3.63) is 46.6 Å². The summed E-state index contributed by atoms with van der Waals surface area (Å²) in [6, 6.07) is 8.03. The van der Waals surface area contributed by atoms with E-state index in [1.165, 1.54) is 44.4 Å². The number of hydrogen-bond acceptors (Lipinski definition) is 15. The van der Waals surface area contributed by atoms with Crippen molar-refractivity contribution in [2.75, 3.05) is 13.7 Å². The normalized spacial score (nSPS) is 32.9. The van der Waals surface area contributed by atoms with Crippen LogP contribution in [0.15, 0.2) is 45.6 Å². The summed E-state index contributed by atoms with van der Waals surface area (Å²) < 4.78 is 33.3. The van der Waals surface area contributed by atoms with Gasteiger partial charge in [0.2, 0.25) is 17.5 Å². The minimum atomic E-state index is -1.78. The van der Waals surface area contributed by atoms with Crippen LogP contribution in [-0.4, -0.2) is 116 Å². The standard InChI is InChI=1S/C28H32O15/c1-10-18(31)21(34)23(36)27(40-10)39-9-16-19(32)22(35)24(37)28(43-16)41-13-7-14(30)17-15(8-13)42-25(26(38-2)20(17)33)11-3-5-12(29)6-4-11/h3-8,10,16,18-19,21-24,27-32,34-37H,9H2,1-2H3/t10-,16-,18+,19+,21+,22+,23-,24-,27-,28-/m1/s1. The van der Waals surface area contributed by atoms with Crippen LogP contribution in [0.2, 0.25) is 0 Å². The van der Waals surface area contributed by atoms with Crippen LogP contribution in [0.4, 0.5) is 0 Å². The molecule has 234 valence electrons. The summed E-state index contributed by atoms with van der Waals surface area (Å²) in [5, 5.41) is 81.6. The van der Waals surface area contributed by atoms with E-state index in [2.05, 4.69) is 0 Å². The molecular formula is C28H32O15. The molecule has 3 aromatic rings. The lowest BCUT2D eigenvalue weighted by Gasteiger charge is -2.42. The second kappa shape index (κ2) is 12.2. The van der Waals surface area contributed by atoms with E-state index in [1.807, 2.05) is 0 Å². The zero-order valence-electron chi connectivity index (χ0n) is 22.9. The summed E-state index contributed by atoms with van der Waals surface area (Å²) in [6.45, 7) is 0.951. The molecule has 0 spiro atoms. The third-order valence-electron chi connectivity index (χ3n) is 7.39. The van der Waals surface area contributed by atoms with Gasteiger partial charge in [0.1, 0.15) is 70.9 Å². The molecule has 0 unspecified atom stereocenters. The number of rotatable bonds is 7. The molecule has 1 aromatic heterocycles. The lowest BCUT2D eigenvalue weighted by molar-refractivity contribution is -0.318. The van der Waals surface area contributed by atoms with E-state index >= 15 is 0 Å². The van der Waals surface area contributed by atoms with Crippen LogP contribution in [0.1, 0.15) is 6.92 Å². The minimum Gasteiger partial charge on any atom is -0.508 e. The van der Waals surface area contributed by atoms with Crippen molar-refractivity contribution in [1.82, 2.24) is 0 Å². The van der Waals surface area contributed by atoms with Crippen LogP contribution in [0.3, 0.4) is 0 Å². The highest BCUT2D eigenvalue weighted by Gasteiger charge is 2.47. The highest BCUT2D eigenvalue weighted by atomic mass is 16.7. The second-order valence-corrected chi connectivity index (χ2v) is 10.3. The van der Waals surface area contributed by atoms with Gasteiger partial charge in [-0.05, 0) is 31.2 Å². The number of phenolic OH excluding ortho intramolecular Hbond substituents is 2. The van der Waals surface area contributed by atoms with Crippen molar-refractivity contribution in [2.24, 2.45) is 0 Å². The van der Waals surface area contributed by atoms with E-state index in [0.29, 0.717) is 5.56 Å². The van der Waals surface area contributed by atoms with E-state index in [9.17, 15) is 45.6 Å². The zero-order valence-corrected chi connectivity index (χ0v) is 22.9. The van der Waals surface area contributed by atoms with Gasteiger partial charge in [0.15, 0.2) is 12.1 Å². The minimum absolute atomic E-state index is 0.000308. The molecule has 15 heteroatoms. The van der Waals surface area contributed by atoms with E-state index in [4.69, 9.17) is 28.1 Å². The number of aliphatic hydroxyl groups excluding tert-OH is 6. The molecule has 15 nitrogen and oxygen atoms in total. The molecule has 0 saturated carbocycles. The van der Waals surface area contributed by atoms with Crippen LogP contribution in [-0.2, 0) is 14.2 Å². The molecule has 2 aromatic carbocycles. The molecule has 0 radical (unpaired) electrons. The van der Waals surface area contributed by atoms with Gasteiger partial charge in [-0.2, -0.15) is 0 Å². The summed E-state index contributed by atoms with van der Waals surface area (Å²) in [6.07, 6.45) is -15.1. The molecule has 5 rings (SSSR count). The predicted octanol–water partition coefficient (Wildman–Crippen LogP) is -1.09. The number of aromatic hydroxyl groups is 2. The van der Waals surface area contributed by atoms with E-state index in [0.717, 1.165) is 6.07 Å². The number of aliphatic hydroxyl groups is 6. The van der Waals surface area contributed by atoms with Gasteiger partial charge in [0.25, 0.3) is 0 Å². The molecule has 0 bridgehead atoms. The molecule has 3 heterocycles. The summed E-state index contributed by atoms with van der Waals surface area (Å²) in [4.78, 5) is 13.2. The molecule has 2 saturated heterocycles. The number of hydrogen-bond donors (Lipinski definition) is 8. The third-order valence-corrected chi connectivity index (χ3v) is 7.39. The topological polar surface area (TPSA) is 238 Å². The van der Waals surface area contributed by atoms with E-state index in [1.54, 1.807) is 0 Å². The van der Waals surface area contributed by atoms with Crippen LogP contribution in [0, 0.1) is 0 Å². The lowest BCUT2D eigenvalue weighted by atomic mass is 9.98. The zero-order chi connectivity index (χ0) is 31.2. The monoisotopic (exact) mass is 608 g/mol. The number of fused-ring (bicyclic) bond motifs is 1. The van der Waals surface area contributed by atoms with Crippen molar-refractivity contribution in [2.45, 2.75) is 68.3 Å². The van der Waals surface area contributed by atoms with Crippen LogP contribution < -0.4 is 14.9 Å². The average Bonchev–Trinajstić information content (AvgIpc) is 2.98. The molecule has 43 heavy (non-hydrogen) atoms. The Morgan fingerprint density at radius 3 is 2.14 bits per heavy atom. The van der Waals surface area contributed by atoms with Crippen molar-refractivity contribution in [3.8, 4) is 34.3 Å². The fourth-order valence-electron chi connectivity index (χ4n) is 4.94. The molecule has 8 N–H and O–H groups in total. The Balaban J connectivity index is 1.39. The number of methoxy groups -OCH3 is 1. The Bertz CT molecular complexity index is 1490. The molecule has 0 aliphatic carbocycles. The number of benzene rings is 2. The average molecular weight is 609 g/mol. The van der Waals surface area contributed by atoms with Crippen LogP contribution in [0.5, 0.6) is 23.0 Å². The Morgan fingerprint density at radius 2 is 1.47 bits per heavy atom. The molecule has 2 aliphatic heterocycles. The quantitative estimate of drug-likeness (QED) is 0.159. The Kier molecular flexibility index (Phi) is 8.80. The van der Waals surface area contributed by atoms with Gasteiger partial charge < -0.3 is 69.0 Å². The molecule has 0 amide bonds. The molecule has 2 fully saturated rings. The van der Waals surface area contributed by atoms with Gasteiger partial charge in [-0.1, -0.05) is 0 Å². The second-order valence-electron chi connectivity index (χ2n) is 10.3. The molecular weight excluding hydrogens is 576 g/mol. The summed E-state index contributed by atoms with van der Waals surface area (Å²) in [5.74, 6) is -0.924. The predicted molar refractivity (Wildman–Crippen MR) is 143 cm³/mol. The summed E-state index contributed by atoms with van der Waals surface area (Å²) in [7, 11) is 1.26. The fourth-order valence-corrected chi connectivity index (χ4v) is 4.94. The fraction of sp³-hybridized carbons (Fsp3) is 0.464. The largest absolute Gasteiger partial charge is 0.508 e. The van der Waals surface area contributed by atoms with Crippen molar-refractivity contribution < 1.29 is 69.0 Å². The van der Waals surface area contributed by atoms with Crippen molar-refractivity contribution in [3.63, 3.8) is 0 Å². The SMILES string of the molecule is COc1c(-c2ccc(O)cc2)oc2cc(O[C@@H]3O[C@H](CO[C@@H]4O[C@H](C)[C@H](O)[C@H](O)[C@H]4O)[C@H](O)[C@H](O)[C@H]3O)cc(O)c2c1=O. The first-order chi connectivity index (χ1) is 20.4. The van der Waals surface area contributed by atoms with Gasteiger partial charge in [0.05, 0.1) is 19.8 Å². The van der Waals surface area contributed by atoms with Crippen LogP contribution in [0.25, 0.3) is 22.3 Å². The van der Waals surface area contributed by atoms with Crippen LogP contribution >= 0.6 is 0 Å². The molecule has 2 aliphatic rings. The van der Waals surface area contributed by atoms with Crippen molar-refractivity contribution in [1.29, 1.82) is 0 Å². The highest BCUT2D eigenvalue weighted by Crippen LogP contribution is 2.37. The Hall–Kier alpha value is -3.51. The first-order valence-corrected chi connectivity index (χ1v) is 13.3. The Labute approximate surface area is 243 Å². The lowest BCUT2D eigenvalue weighted by Crippen LogP contribution is -2.61. The van der Waals surface area contributed by atoms with Gasteiger partial charge in [0, 0.05) is 17.7 Å². The summed E-state index contributed by atoms with van der Waals surface area (Å²) >= 11 is 0. The van der Waals surface area contributed by atoms with Gasteiger partial charge in [-0.3, -0.25) is 4.79 Å². The maximum Gasteiger partial charge on any atom is 0.239 e. The maximum absolute atomic E-state index is 13.2. The number of ether oxygens (including phenoxy) is 5. The first-order valence-electron chi connectivity index (χ1n) is 13.3. The number of phenols is 2. The summed E-state index contributed by atoms with van der Waals surface area (Å²) in [5.41, 5.74) is -0.443. The van der Waals surface area contributed by atoms with E-state index < -0.39 is 79.2 Å². The van der Waals surface area contributed by atoms with Gasteiger partial charge in [-0.25, -0.2) is 0 Å². The first kappa shape index (κ1) is 30.9. The van der Waals surface area contributed by atoms with Crippen molar-refractivity contribution >= 4 is 11.0 Å². The smallest absolute Gasteiger partial charge is 0.239 e. The third kappa shape index (κ3) is 5.86. The van der Waals surface area contributed by atoms with Gasteiger partial charge in [-0.15, -0.1) is 0 Å². The van der Waals surface area contributed by atoms with Gasteiger partial charge >= 0.3 is 0 Å². The Morgan fingerprint density at radius 1 is 0.814 bits per heavy atom.